The van der Waals surface area contributed by atoms with Crippen molar-refractivity contribution < 1.29 is 0 Å². The second-order valence-electron chi connectivity index (χ2n) is 6.52. The Hall–Kier alpha value is -1.38. The summed E-state index contributed by atoms with van der Waals surface area (Å²) in [5.74, 6) is 0. The molecule has 0 radical (unpaired) electrons. The number of fused-ring (bicyclic) bond motifs is 6. The van der Waals surface area contributed by atoms with E-state index >= 15 is 0 Å². The Morgan fingerprint density at radius 2 is 0.400 bits per heavy atom. The second-order valence-corrected chi connectivity index (χ2v) is 8.79. The molecule has 0 amide bonds. The minimum atomic E-state index is 0.109. The molecular weight excluding hydrogens is 501 g/mol. The van der Waals surface area contributed by atoms with E-state index in [2.05, 4.69) is 72.8 Å². The number of hydrogen-bond acceptors (Lipinski definition) is 0. The van der Waals surface area contributed by atoms with E-state index in [1.165, 1.54) is 32.3 Å². The molecule has 0 spiro atoms. The zero-order valence-corrected chi connectivity index (χ0v) is 19.7. The first-order valence-electron chi connectivity index (χ1n) is 8.87. The maximum absolute atomic E-state index is 5.67. The van der Waals surface area contributed by atoms with Gasteiger partial charge in [0.2, 0.25) is 0 Å². The maximum Gasteiger partial charge on any atom is 0.0810 e. The lowest BCUT2D eigenvalue weighted by Crippen LogP contribution is -1.81. The van der Waals surface area contributed by atoms with Gasteiger partial charge in [0.15, 0.2) is 0 Å². The smallest absolute Gasteiger partial charge is 0.0810 e. The maximum atomic E-state index is 5.67. The standard InChI is InChI=1S/C18H12.C6Cl6/c1-2-8-14-13(7-1)15-9-3-4-11-17(15)18-12-6-5-10-16(14)18;7-1-2(8)4(10)6(12)5(11)3(1)9/h1-12H;. The van der Waals surface area contributed by atoms with Crippen molar-refractivity contribution in [1.29, 1.82) is 0 Å². The van der Waals surface area contributed by atoms with E-state index in [-0.39, 0.29) is 30.1 Å². The highest BCUT2D eigenvalue weighted by atomic mass is 35.5. The predicted octanol–water partition coefficient (Wildman–Crippen LogP) is 10.8. The quantitative estimate of drug-likeness (QED) is 0.110. The lowest BCUT2D eigenvalue weighted by Gasteiger charge is -2.09. The van der Waals surface area contributed by atoms with Crippen molar-refractivity contribution in [3.63, 3.8) is 0 Å². The highest BCUT2D eigenvalue weighted by Gasteiger charge is 2.17. The molecule has 0 aliphatic heterocycles. The van der Waals surface area contributed by atoms with Crippen LogP contribution in [-0.4, -0.2) is 0 Å². The van der Waals surface area contributed by atoms with Gasteiger partial charge in [-0.05, 0) is 32.3 Å². The normalized spacial score (nSPS) is 11.0. The number of hydrogen-bond donors (Lipinski definition) is 0. The number of rotatable bonds is 0. The SMILES string of the molecule is Clc1c(Cl)c(Cl)c(Cl)c(Cl)c1Cl.c1ccc2c(c1)c1ccccc1c1ccccc21. The van der Waals surface area contributed by atoms with Crippen LogP contribution in [0.3, 0.4) is 0 Å². The average molecular weight is 513 g/mol. The molecule has 0 bridgehead atoms. The van der Waals surface area contributed by atoms with E-state index < -0.39 is 0 Å². The van der Waals surface area contributed by atoms with Crippen molar-refractivity contribution in [1.82, 2.24) is 0 Å². The van der Waals surface area contributed by atoms with Gasteiger partial charge in [-0.3, -0.25) is 0 Å². The molecular formula is C24H12Cl6. The summed E-state index contributed by atoms with van der Waals surface area (Å²) in [7, 11) is 0. The van der Waals surface area contributed by atoms with Crippen LogP contribution in [0, 0.1) is 0 Å². The van der Waals surface area contributed by atoms with Crippen LogP contribution in [0.5, 0.6) is 0 Å². The Balaban J connectivity index is 0.000000159. The van der Waals surface area contributed by atoms with Crippen LogP contribution in [0.4, 0.5) is 0 Å². The van der Waals surface area contributed by atoms with Crippen LogP contribution in [0.2, 0.25) is 30.1 Å². The zero-order valence-electron chi connectivity index (χ0n) is 15.2. The molecule has 0 aliphatic rings. The molecule has 5 aromatic carbocycles. The minimum Gasteiger partial charge on any atom is -0.0810 e. The zero-order chi connectivity index (χ0) is 21.4. The summed E-state index contributed by atoms with van der Waals surface area (Å²) in [6.45, 7) is 0. The molecule has 0 heterocycles. The molecule has 0 atom stereocenters. The van der Waals surface area contributed by atoms with Crippen molar-refractivity contribution in [2.75, 3.05) is 0 Å². The molecule has 0 nitrogen and oxygen atoms in total. The van der Waals surface area contributed by atoms with Gasteiger partial charge in [-0.2, -0.15) is 0 Å². The highest BCUT2D eigenvalue weighted by molar-refractivity contribution is 6.59. The van der Waals surface area contributed by atoms with Crippen LogP contribution >= 0.6 is 69.6 Å². The van der Waals surface area contributed by atoms with Crippen LogP contribution in [0.15, 0.2) is 72.8 Å². The summed E-state index contributed by atoms with van der Waals surface area (Å²) >= 11 is 34.0. The van der Waals surface area contributed by atoms with Gasteiger partial charge in [-0.25, -0.2) is 0 Å². The molecule has 0 N–H and O–H groups in total. The van der Waals surface area contributed by atoms with Gasteiger partial charge >= 0.3 is 0 Å². The summed E-state index contributed by atoms with van der Waals surface area (Å²) in [5.41, 5.74) is 0. The van der Waals surface area contributed by atoms with Gasteiger partial charge in [-0.15, -0.1) is 0 Å². The summed E-state index contributed by atoms with van der Waals surface area (Å²) < 4.78 is 0. The molecule has 150 valence electrons. The Morgan fingerprint density at radius 1 is 0.267 bits per heavy atom. The Morgan fingerprint density at radius 3 is 0.533 bits per heavy atom. The van der Waals surface area contributed by atoms with Gasteiger partial charge in [0.1, 0.15) is 0 Å². The van der Waals surface area contributed by atoms with E-state index in [4.69, 9.17) is 69.6 Å². The lowest BCUT2D eigenvalue weighted by atomic mass is 9.95. The van der Waals surface area contributed by atoms with Gasteiger partial charge in [0, 0.05) is 0 Å². The molecule has 6 heteroatoms. The fourth-order valence-electron chi connectivity index (χ4n) is 3.44. The Bertz CT molecular complexity index is 1080. The first kappa shape index (κ1) is 21.8. The van der Waals surface area contributed by atoms with Crippen molar-refractivity contribution >= 4 is 102 Å². The monoisotopic (exact) mass is 510 g/mol. The summed E-state index contributed by atoms with van der Waals surface area (Å²) in [6.07, 6.45) is 0. The summed E-state index contributed by atoms with van der Waals surface area (Å²) in [4.78, 5) is 0. The minimum absolute atomic E-state index is 0.109. The van der Waals surface area contributed by atoms with E-state index in [9.17, 15) is 0 Å². The lowest BCUT2D eigenvalue weighted by molar-refractivity contribution is 1.69. The van der Waals surface area contributed by atoms with Crippen LogP contribution in [0.1, 0.15) is 0 Å². The van der Waals surface area contributed by atoms with Crippen molar-refractivity contribution in [3.8, 4) is 0 Å². The van der Waals surface area contributed by atoms with Crippen LogP contribution in [0.25, 0.3) is 32.3 Å². The highest BCUT2D eigenvalue weighted by Crippen LogP contribution is 2.46. The van der Waals surface area contributed by atoms with Gasteiger partial charge in [0.25, 0.3) is 0 Å². The first-order valence-corrected chi connectivity index (χ1v) is 11.1. The molecule has 0 aromatic heterocycles. The summed E-state index contributed by atoms with van der Waals surface area (Å²) in [5, 5.41) is 8.69. The Labute approximate surface area is 203 Å². The topological polar surface area (TPSA) is 0 Å². The third-order valence-corrected chi connectivity index (χ3v) is 7.66. The molecule has 0 unspecified atom stereocenters. The third kappa shape index (κ3) is 3.82. The van der Waals surface area contributed by atoms with Gasteiger partial charge in [0.05, 0.1) is 30.1 Å². The largest absolute Gasteiger partial charge is 0.0810 e. The van der Waals surface area contributed by atoms with E-state index in [0.29, 0.717) is 0 Å². The third-order valence-electron chi connectivity index (χ3n) is 4.81. The fourth-order valence-corrected chi connectivity index (χ4v) is 4.86. The van der Waals surface area contributed by atoms with Gasteiger partial charge in [-0.1, -0.05) is 142 Å². The van der Waals surface area contributed by atoms with Crippen molar-refractivity contribution in [3.05, 3.63) is 103 Å². The molecule has 0 saturated carbocycles. The molecule has 30 heavy (non-hydrogen) atoms. The summed E-state index contributed by atoms with van der Waals surface area (Å²) in [6, 6.07) is 26.0. The van der Waals surface area contributed by atoms with Crippen LogP contribution < -0.4 is 0 Å². The average Bonchev–Trinajstić information content (AvgIpc) is 2.81. The van der Waals surface area contributed by atoms with E-state index in [1.54, 1.807) is 0 Å². The molecule has 0 aliphatic carbocycles. The Kier molecular flexibility index (Phi) is 6.55. The van der Waals surface area contributed by atoms with Gasteiger partial charge < -0.3 is 0 Å². The number of benzene rings is 5. The van der Waals surface area contributed by atoms with Crippen LogP contribution in [-0.2, 0) is 0 Å². The van der Waals surface area contributed by atoms with E-state index in [0.717, 1.165) is 0 Å². The molecule has 5 rings (SSSR count). The second kappa shape index (κ2) is 9.01. The molecule has 0 fully saturated rings. The molecule has 5 aromatic rings. The fraction of sp³-hybridized carbons (Fsp3) is 0. The van der Waals surface area contributed by atoms with Crippen molar-refractivity contribution in [2.24, 2.45) is 0 Å². The number of halogens is 6. The predicted molar refractivity (Wildman–Crippen MR) is 135 cm³/mol. The molecule has 0 saturated heterocycles. The van der Waals surface area contributed by atoms with E-state index in [1.807, 2.05) is 0 Å². The first-order chi connectivity index (χ1) is 14.4. The van der Waals surface area contributed by atoms with Crippen molar-refractivity contribution in [2.45, 2.75) is 0 Å².